The van der Waals surface area contributed by atoms with Gasteiger partial charge in [0.1, 0.15) is 0 Å². The number of hydrogen-bond donors (Lipinski definition) is 1. The average molecular weight is 249 g/mol. The molecule has 96 valence electrons. The molecule has 0 radical (unpaired) electrons. The van der Waals surface area contributed by atoms with Crippen molar-refractivity contribution in [1.82, 2.24) is 0 Å². The molecule has 0 bridgehead atoms. The van der Waals surface area contributed by atoms with Gasteiger partial charge in [-0.2, -0.15) is 0 Å². The van der Waals surface area contributed by atoms with Gasteiger partial charge in [-0.1, -0.05) is 25.6 Å². The van der Waals surface area contributed by atoms with Crippen molar-refractivity contribution >= 4 is 17.2 Å². The van der Waals surface area contributed by atoms with Gasteiger partial charge in [0, 0.05) is 13.0 Å². The lowest BCUT2D eigenvalue weighted by Crippen LogP contribution is -2.14. The second-order valence-electron chi connectivity index (χ2n) is 3.41. The van der Waals surface area contributed by atoms with Crippen LogP contribution in [0, 0.1) is 0 Å². The van der Waals surface area contributed by atoms with Crippen molar-refractivity contribution in [2.45, 2.75) is 26.2 Å². The fourth-order valence-corrected chi connectivity index (χ4v) is 1.04. The summed E-state index contributed by atoms with van der Waals surface area (Å²) in [5.74, 6) is 0. The fraction of sp³-hybridized carbons (Fsp3) is 0.909. The van der Waals surface area contributed by atoms with Gasteiger partial charge in [-0.05, 0) is 6.42 Å². The van der Waals surface area contributed by atoms with Crippen LogP contribution in [-0.2, 0) is 14.2 Å². The van der Waals surface area contributed by atoms with Crippen LogP contribution in [0.25, 0.3) is 0 Å². The Hall–Kier alpha value is -0.230. The van der Waals surface area contributed by atoms with E-state index in [1.54, 1.807) is 0 Å². The molecule has 0 aliphatic carbocycles. The molecule has 5 heteroatoms. The van der Waals surface area contributed by atoms with Crippen LogP contribution < -0.4 is 5.73 Å². The Morgan fingerprint density at radius 3 is 1.94 bits per heavy atom. The van der Waals surface area contributed by atoms with Crippen LogP contribution in [0.5, 0.6) is 0 Å². The molecule has 0 fully saturated rings. The van der Waals surface area contributed by atoms with E-state index in [1.165, 1.54) is 0 Å². The smallest absolute Gasteiger partial charge is 0.0750 e. The van der Waals surface area contributed by atoms with Gasteiger partial charge in [-0.25, -0.2) is 0 Å². The average Bonchev–Trinajstić information content (AvgIpc) is 2.25. The van der Waals surface area contributed by atoms with E-state index in [0.717, 1.165) is 19.4 Å². The standard InChI is InChI=1S/C11H23NO3S/c1-2-3-5-13-7-9-15-10-8-14-6-4-11(12)16/h2-10H2,1H3,(H2,12,16). The van der Waals surface area contributed by atoms with Gasteiger partial charge in [0.25, 0.3) is 0 Å². The van der Waals surface area contributed by atoms with Crippen molar-refractivity contribution in [3.05, 3.63) is 0 Å². The van der Waals surface area contributed by atoms with Crippen LogP contribution in [0.2, 0.25) is 0 Å². The highest BCUT2D eigenvalue weighted by atomic mass is 32.1. The summed E-state index contributed by atoms with van der Waals surface area (Å²) in [5, 5.41) is 0. The first-order chi connectivity index (χ1) is 7.77. The van der Waals surface area contributed by atoms with Gasteiger partial charge in [0.15, 0.2) is 0 Å². The number of unbranched alkanes of at least 4 members (excludes halogenated alkanes) is 1. The molecule has 0 saturated heterocycles. The predicted molar refractivity (Wildman–Crippen MR) is 68.8 cm³/mol. The summed E-state index contributed by atoms with van der Waals surface area (Å²) in [7, 11) is 0. The van der Waals surface area contributed by atoms with Crippen LogP contribution in [0.4, 0.5) is 0 Å². The van der Waals surface area contributed by atoms with E-state index >= 15 is 0 Å². The number of rotatable bonds is 12. The van der Waals surface area contributed by atoms with Crippen LogP contribution in [0.15, 0.2) is 0 Å². The van der Waals surface area contributed by atoms with Crippen LogP contribution in [0.1, 0.15) is 26.2 Å². The normalized spacial score (nSPS) is 10.6. The van der Waals surface area contributed by atoms with E-state index < -0.39 is 0 Å². The fourth-order valence-electron chi connectivity index (χ4n) is 0.961. The topological polar surface area (TPSA) is 53.7 Å². The van der Waals surface area contributed by atoms with Crippen molar-refractivity contribution in [2.75, 3.05) is 39.6 Å². The Labute approximate surface area is 103 Å². The molecule has 0 amide bonds. The maximum absolute atomic E-state index is 5.33. The van der Waals surface area contributed by atoms with Crippen LogP contribution in [-0.4, -0.2) is 44.6 Å². The molecule has 0 atom stereocenters. The van der Waals surface area contributed by atoms with Gasteiger partial charge in [0.05, 0.1) is 38.0 Å². The first-order valence-electron chi connectivity index (χ1n) is 5.79. The van der Waals surface area contributed by atoms with Crippen molar-refractivity contribution in [2.24, 2.45) is 5.73 Å². The summed E-state index contributed by atoms with van der Waals surface area (Å²) in [6.07, 6.45) is 2.91. The van der Waals surface area contributed by atoms with Gasteiger partial charge in [0.2, 0.25) is 0 Å². The zero-order valence-corrected chi connectivity index (χ0v) is 10.9. The Morgan fingerprint density at radius 1 is 0.938 bits per heavy atom. The number of thiocarbonyl (C=S) groups is 1. The molecule has 16 heavy (non-hydrogen) atoms. The summed E-state index contributed by atoms with van der Waals surface area (Å²) in [5.41, 5.74) is 5.32. The zero-order chi connectivity index (χ0) is 12.1. The summed E-state index contributed by atoms with van der Waals surface area (Å²) >= 11 is 4.72. The Balaban J connectivity index is 2.90. The third kappa shape index (κ3) is 13.8. The number of ether oxygens (including phenoxy) is 3. The first kappa shape index (κ1) is 15.8. The molecule has 0 saturated carbocycles. The summed E-state index contributed by atoms with van der Waals surface area (Å²) < 4.78 is 15.9. The largest absolute Gasteiger partial charge is 0.393 e. The van der Waals surface area contributed by atoms with Crippen LogP contribution >= 0.6 is 12.2 Å². The Morgan fingerprint density at radius 2 is 1.44 bits per heavy atom. The highest BCUT2D eigenvalue weighted by molar-refractivity contribution is 7.80. The van der Waals surface area contributed by atoms with E-state index in [-0.39, 0.29) is 0 Å². The monoisotopic (exact) mass is 249 g/mol. The molecule has 2 N–H and O–H groups in total. The van der Waals surface area contributed by atoms with Gasteiger partial charge in [-0.15, -0.1) is 0 Å². The minimum atomic E-state index is 0.491. The minimum absolute atomic E-state index is 0.491. The second kappa shape index (κ2) is 12.8. The summed E-state index contributed by atoms with van der Waals surface area (Å²) in [4.78, 5) is 0.491. The molecular formula is C11H23NO3S. The number of hydrogen-bond acceptors (Lipinski definition) is 4. The Bertz CT molecular complexity index is 167. The molecule has 0 heterocycles. The lowest BCUT2D eigenvalue weighted by Gasteiger charge is -2.06. The maximum atomic E-state index is 5.33. The molecule has 0 spiro atoms. The molecule has 0 aromatic carbocycles. The lowest BCUT2D eigenvalue weighted by atomic mass is 10.4. The molecule has 4 nitrogen and oxygen atoms in total. The van der Waals surface area contributed by atoms with Gasteiger partial charge < -0.3 is 19.9 Å². The quantitative estimate of drug-likeness (QED) is 0.420. The Kier molecular flexibility index (Phi) is 12.7. The van der Waals surface area contributed by atoms with Crippen molar-refractivity contribution in [3.8, 4) is 0 Å². The van der Waals surface area contributed by atoms with E-state index in [1.807, 2.05) is 0 Å². The van der Waals surface area contributed by atoms with Crippen LogP contribution in [0.3, 0.4) is 0 Å². The molecule has 0 rings (SSSR count). The molecule has 0 aromatic rings. The second-order valence-corrected chi connectivity index (χ2v) is 3.93. The lowest BCUT2D eigenvalue weighted by molar-refractivity contribution is 0.0153. The van der Waals surface area contributed by atoms with E-state index in [9.17, 15) is 0 Å². The van der Waals surface area contributed by atoms with Gasteiger partial charge in [-0.3, -0.25) is 0 Å². The number of nitrogens with two attached hydrogens (primary N) is 1. The molecule has 0 aliphatic rings. The van der Waals surface area contributed by atoms with E-state index in [2.05, 4.69) is 6.92 Å². The molecule has 0 aliphatic heterocycles. The first-order valence-corrected chi connectivity index (χ1v) is 6.19. The third-order valence-electron chi connectivity index (χ3n) is 1.88. The highest BCUT2D eigenvalue weighted by Crippen LogP contribution is 1.88. The van der Waals surface area contributed by atoms with Gasteiger partial charge >= 0.3 is 0 Å². The molecular weight excluding hydrogens is 226 g/mol. The van der Waals surface area contributed by atoms with Crippen molar-refractivity contribution in [1.29, 1.82) is 0 Å². The maximum Gasteiger partial charge on any atom is 0.0750 e. The predicted octanol–water partition coefficient (Wildman–Crippen LogP) is 1.51. The van der Waals surface area contributed by atoms with E-state index in [0.29, 0.717) is 44.4 Å². The van der Waals surface area contributed by atoms with Crippen molar-refractivity contribution in [3.63, 3.8) is 0 Å². The highest BCUT2D eigenvalue weighted by Gasteiger charge is 1.92. The zero-order valence-electron chi connectivity index (χ0n) is 10.1. The molecule has 0 aromatic heterocycles. The van der Waals surface area contributed by atoms with E-state index in [4.69, 9.17) is 32.2 Å². The summed E-state index contributed by atoms with van der Waals surface area (Å²) in [6.45, 7) is 6.00. The summed E-state index contributed by atoms with van der Waals surface area (Å²) in [6, 6.07) is 0. The van der Waals surface area contributed by atoms with Crippen molar-refractivity contribution < 1.29 is 14.2 Å². The third-order valence-corrected chi connectivity index (χ3v) is 2.08. The molecule has 0 unspecified atom stereocenters. The SMILES string of the molecule is CCCCOCCOCCOCCC(N)=S. The minimum Gasteiger partial charge on any atom is -0.393 e.